The zero-order valence-electron chi connectivity index (χ0n) is 12.5. The van der Waals surface area contributed by atoms with E-state index in [0.717, 1.165) is 24.4 Å². The Kier molecular flexibility index (Phi) is 4.57. The molecule has 5 heteroatoms. The minimum atomic E-state index is -0.239. The first-order valence-electron chi connectivity index (χ1n) is 7.46. The van der Waals surface area contributed by atoms with E-state index in [-0.39, 0.29) is 24.6 Å². The van der Waals surface area contributed by atoms with Crippen molar-refractivity contribution in [3.63, 3.8) is 0 Å². The number of aliphatic hydroxyl groups excluding tert-OH is 1. The molecule has 1 aromatic carbocycles. The van der Waals surface area contributed by atoms with E-state index in [9.17, 15) is 4.39 Å². The minimum absolute atomic E-state index is 0.0726. The first-order valence-corrected chi connectivity index (χ1v) is 7.46. The Morgan fingerprint density at radius 2 is 1.86 bits per heavy atom. The molecule has 0 aliphatic carbocycles. The van der Waals surface area contributed by atoms with Gasteiger partial charge in [0.25, 0.3) is 0 Å². The molecule has 0 spiro atoms. The molecule has 1 fully saturated rings. The maximum atomic E-state index is 13.0. The van der Waals surface area contributed by atoms with Crippen molar-refractivity contribution in [2.75, 3.05) is 13.1 Å². The van der Waals surface area contributed by atoms with Gasteiger partial charge in [-0.2, -0.15) is 0 Å². The molecule has 22 heavy (non-hydrogen) atoms. The van der Waals surface area contributed by atoms with Crippen molar-refractivity contribution in [3.8, 4) is 0 Å². The Balaban J connectivity index is 1.69. The summed E-state index contributed by atoms with van der Waals surface area (Å²) < 4.78 is 24.6. The highest BCUT2D eigenvalue weighted by Gasteiger charge is 2.27. The van der Waals surface area contributed by atoms with Crippen LogP contribution in [0.4, 0.5) is 4.39 Å². The highest BCUT2D eigenvalue weighted by Crippen LogP contribution is 2.26. The fourth-order valence-electron chi connectivity index (χ4n) is 2.84. The summed E-state index contributed by atoms with van der Waals surface area (Å²) in [4.78, 5) is 2.25. The van der Waals surface area contributed by atoms with Gasteiger partial charge in [0, 0.05) is 13.1 Å². The van der Waals surface area contributed by atoms with Gasteiger partial charge in [0.15, 0.2) is 0 Å². The van der Waals surface area contributed by atoms with E-state index < -0.39 is 0 Å². The maximum absolute atomic E-state index is 13.0. The van der Waals surface area contributed by atoms with Crippen molar-refractivity contribution in [1.82, 2.24) is 4.90 Å². The van der Waals surface area contributed by atoms with Crippen LogP contribution in [0.5, 0.6) is 0 Å². The number of aliphatic hydroxyl groups is 1. The van der Waals surface area contributed by atoms with Crippen LogP contribution in [-0.2, 0) is 17.9 Å². The van der Waals surface area contributed by atoms with Crippen molar-refractivity contribution in [3.05, 3.63) is 59.3 Å². The first-order chi connectivity index (χ1) is 10.6. The second-order valence-corrected chi connectivity index (χ2v) is 5.71. The predicted octanol–water partition coefficient (Wildman–Crippen LogP) is 2.87. The number of halogens is 1. The summed E-state index contributed by atoms with van der Waals surface area (Å²) in [5, 5.41) is 9.05. The molecule has 2 atom stereocenters. The molecule has 4 nitrogen and oxygen atoms in total. The SMILES string of the molecule is CC1CN(Cc2ccc(CO)o2)CC(c2ccc(F)cc2)O1. The summed E-state index contributed by atoms with van der Waals surface area (Å²) in [6.07, 6.45) is 0.0210. The van der Waals surface area contributed by atoms with Gasteiger partial charge in [0.05, 0.1) is 18.8 Å². The maximum Gasteiger partial charge on any atom is 0.129 e. The molecule has 1 aliphatic rings. The normalized spacial score (nSPS) is 22.9. The Morgan fingerprint density at radius 1 is 1.14 bits per heavy atom. The minimum Gasteiger partial charge on any atom is -0.462 e. The Morgan fingerprint density at radius 3 is 2.55 bits per heavy atom. The van der Waals surface area contributed by atoms with E-state index in [2.05, 4.69) is 4.90 Å². The third-order valence-electron chi connectivity index (χ3n) is 3.83. The van der Waals surface area contributed by atoms with Crippen LogP contribution in [0.15, 0.2) is 40.8 Å². The molecule has 1 aromatic heterocycles. The van der Waals surface area contributed by atoms with Gasteiger partial charge < -0.3 is 14.3 Å². The quantitative estimate of drug-likeness (QED) is 0.943. The van der Waals surface area contributed by atoms with Crippen LogP contribution in [0.25, 0.3) is 0 Å². The second-order valence-electron chi connectivity index (χ2n) is 5.71. The van der Waals surface area contributed by atoms with Crippen LogP contribution in [0, 0.1) is 5.82 Å². The number of hydrogen-bond acceptors (Lipinski definition) is 4. The Labute approximate surface area is 129 Å². The predicted molar refractivity (Wildman–Crippen MR) is 79.6 cm³/mol. The molecular formula is C17H20FNO3. The zero-order valence-corrected chi connectivity index (χ0v) is 12.5. The molecule has 1 saturated heterocycles. The molecular weight excluding hydrogens is 285 g/mol. The van der Waals surface area contributed by atoms with Crippen molar-refractivity contribution in [2.45, 2.75) is 32.3 Å². The monoisotopic (exact) mass is 305 g/mol. The summed E-state index contributed by atoms with van der Waals surface area (Å²) in [5.74, 6) is 1.17. The fraction of sp³-hybridized carbons (Fsp3) is 0.412. The van der Waals surface area contributed by atoms with E-state index in [1.54, 1.807) is 18.2 Å². The van der Waals surface area contributed by atoms with Crippen LogP contribution in [-0.4, -0.2) is 29.2 Å². The summed E-state index contributed by atoms with van der Waals surface area (Å²) in [6.45, 7) is 4.16. The van der Waals surface area contributed by atoms with Gasteiger partial charge in [-0.3, -0.25) is 4.90 Å². The van der Waals surface area contributed by atoms with Crippen LogP contribution in [0.1, 0.15) is 30.1 Å². The van der Waals surface area contributed by atoms with Gasteiger partial charge in [-0.25, -0.2) is 4.39 Å². The molecule has 0 saturated carbocycles. The number of furan rings is 1. The molecule has 0 amide bonds. The lowest BCUT2D eigenvalue weighted by molar-refractivity contribution is -0.0827. The van der Waals surface area contributed by atoms with Crippen LogP contribution < -0.4 is 0 Å². The van der Waals surface area contributed by atoms with E-state index in [1.165, 1.54) is 12.1 Å². The number of nitrogens with zero attached hydrogens (tertiary/aromatic N) is 1. The van der Waals surface area contributed by atoms with Gasteiger partial charge in [-0.05, 0) is 36.8 Å². The van der Waals surface area contributed by atoms with Gasteiger partial charge >= 0.3 is 0 Å². The van der Waals surface area contributed by atoms with E-state index in [4.69, 9.17) is 14.3 Å². The van der Waals surface area contributed by atoms with Gasteiger partial charge in [0.1, 0.15) is 23.9 Å². The molecule has 2 aromatic rings. The van der Waals surface area contributed by atoms with E-state index in [1.807, 2.05) is 13.0 Å². The summed E-state index contributed by atoms with van der Waals surface area (Å²) in [6, 6.07) is 10.1. The second kappa shape index (κ2) is 6.60. The summed E-state index contributed by atoms with van der Waals surface area (Å²) in [7, 11) is 0. The first kappa shape index (κ1) is 15.2. The lowest BCUT2D eigenvalue weighted by Gasteiger charge is -2.36. The van der Waals surface area contributed by atoms with Gasteiger partial charge in [0.2, 0.25) is 0 Å². The number of benzene rings is 1. The molecule has 2 heterocycles. The molecule has 118 valence electrons. The topological polar surface area (TPSA) is 45.8 Å². The summed E-state index contributed by atoms with van der Waals surface area (Å²) >= 11 is 0. The van der Waals surface area contributed by atoms with Crippen LogP contribution in [0.2, 0.25) is 0 Å². The summed E-state index contributed by atoms with van der Waals surface area (Å²) in [5.41, 5.74) is 0.980. The standard InChI is InChI=1S/C17H20FNO3/c1-12-8-19(9-15-6-7-16(11-20)22-15)10-17(21-12)13-2-4-14(18)5-3-13/h2-7,12,17,20H,8-11H2,1H3. The number of rotatable bonds is 4. The molecule has 1 N–H and O–H groups in total. The van der Waals surface area contributed by atoms with Crippen molar-refractivity contribution in [1.29, 1.82) is 0 Å². The molecule has 0 radical (unpaired) electrons. The van der Waals surface area contributed by atoms with Gasteiger partial charge in [-0.15, -0.1) is 0 Å². The Hall–Kier alpha value is -1.69. The largest absolute Gasteiger partial charge is 0.462 e. The highest BCUT2D eigenvalue weighted by molar-refractivity contribution is 5.19. The third kappa shape index (κ3) is 3.55. The van der Waals surface area contributed by atoms with Crippen molar-refractivity contribution < 1.29 is 18.7 Å². The average Bonchev–Trinajstić information content (AvgIpc) is 2.95. The fourth-order valence-corrected chi connectivity index (χ4v) is 2.84. The van der Waals surface area contributed by atoms with E-state index >= 15 is 0 Å². The van der Waals surface area contributed by atoms with Gasteiger partial charge in [-0.1, -0.05) is 12.1 Å². The third-order valence-corrected chi connectivity index (χ3v) is 3.83. The number of ether oxygens (including phenoxy) is 1. The zero-order chi connectivity index (χ0) is 15.5. The van der Waals surface area contributed by atoms with Crippen molar-refractivity contribution in [2.24, 2.45) is 0 Å². The van der Waals surface area contributed by atoms with Crippen molar-refractivity contribution >= 4 is 0 Å². The molecule has 0 bridgehead atoms. The highest BCUT2D eigenvalue weighted by atomic mass is 19.1. The molecule has 3 rings (SSSR count). The number of hydrogen-bond donors (Lipinski definition) is 1. The Bertz CT molecular complexity index is 611. The lowest BCUT2D eigenvalue weighted by Crippen LogP contribution is -2.42. The number of morpholine rings is 1. The lowest BCUT2D eigenvalue weighted by atomic mass is 10.1. The molecule has 2 unspecified atom stereocenters. The van der Waals surface area contributed by atoms with E-state index in [0.29, 0.717) is 12.3 Å². The smallest absolute Gasteiger partial charge is 0.129 e. The molecule has 1 aliphatic heterocycles. The van der Waals surface area contributed by atoms with Crippen LogP contribution >= 0.6 is 0 Å². The van der Waals surface area contributed by atoms with Crippen LogP contribution in [0.3, 0.4) is 0 Å². The average molecular weight is 305 g/mol.